The van der Waals surface area contributed by atoms with E-state index in [9.17, 15) is 13.9 Å². The number of hydrogen-bond acceptors (Lipinski definition) is 2. The lowest BCUT2D eigenvalue weighted by Crippen LogP contribution is -2.01. The zero-order valence-electron chi connectivity index (χ0n) is 8.88. The van der Waals surface area contributed by atoms with Crippen LogP contribution in [0.5, 0.6) is 0 Å². The molecule has 0 bridgehead atoms. The Morgan fingerprint density at radius 3 is 2.59 bits per heavy atom. The molecule has 1 atom stereocenters. The van der Waals surface area contributed by atoms with E-state index in [1.165, 1.54) is 11.3 Å². The third-order valence-electron chi connectivity index (χ3n) is 2.40. The summed E-state index contributed by atoms with van der Waals surface area (Å²) in [5.74, 6) is -1.17. The Labute approximate surface area is 110 Å². The first kappa shape index (κ1) is 12.7. The van der Waals surface area contributed by atoms with E-state index < -0.39 is 17.7 Å². The van der Waals surface area contributed by atoms with Crippen molar-refractivity contribution < 1.29 is 13.9 Å². The van der Waals surface area contributed by atoms with Crippen molar-refractivity contribution in [3.63, 3.8) is 0 Å². The molecule has 0 radical (unpaired) electrons. The minimum atomic E-state index is -1.14. The van der Waals surface area contributed by atoms with E-state index >= 15 is 0 Å². The maximum atomic E-state index is 13.5. The number of hydrogen-bond donors (Lipinski definition) is 1. The third kappa shape index (κ3) is 2.56. The summed E-state index contributed by atoms with van der Waals surface area (Å²) in [6.07, 6.45) is -1.14. The highest BCUT2D eigenvalue weighted by Gasteiger charge is 2.18. The fourth-order valence-corrected chi connectivity index (χ4v) is 3.06. The number of benzene rings is 1. The quantitative estimate of drug-likeness (QED) is 0.880. The topological polar surface area (TPSA) is 20.2 Å². The van der Waals surface area contributed by atoms with E-state index in [0.717, 1.165) is 27.5 Å². The molecule has 0 aliphatic carbocycles. The van der Waals surface area contributed by atoms with Crippen LogP contribution in [0, 0.1) is 18.6 Å². The van der Waals surface area contributed by atoms with Gasteiger partial charge in [0.1, 0.15) is 17.7 Å². The minimum absolute atomic E-state index is 0.0428. The molecule has 2 aromatic rings. The van der Waals surface area contributed by atoms with Crippen LogP contribution >= 0.6 is 27.3 Å². The molecule has 0 saturated carbocycles. The SMILES string of the molecule is Cc1sc(C(O)c2cc(F)ccc2F)cc1Br. The molecule has 90 valence electrons. The standard InChI is InChI=1S/C12H9BrF2OS/c1-6-9(13)5-11(17-6)12(16)8-4-7(14)2-3-10(8)15/h2-5,12,16H,1H3. The molecule has 0 amide bonds. The van der Waals surface area contributed by atoms with Gasteiger partial charge < -0.3 is 5.11 Å². The molecular weight excluding hydrogens is 310 g/mol. The predicted octanol–water partition coefficient (Wildman–Crippen LogP) is 4.18. The molecule has 0 spiro atoms. The van der Waals surface area contributed by atoms with Gasteiger partial charge in [0, 0.05) is 19.8 Å². The lowest BCUT2D eigenvalue weighted by atomic mass is 10.1. The monoisotopic (exact) mass is 318 g/mol. The highest BCUT2D eigenvalue weighted by Crippen LogP contribution is 2.34. The summed E-state index contributed by atoms with van der Waals surface area (Å²) < 4.78 is 27.4. The normalized spacial score (nSPS) is 12.8. The number of aliphatic hydroxyl groups is 1. The Morgan fingerprint density at radius 1 is 1.29 bits per heavy atom. The molecule has 1 aromatic carbocycles. The number of halogens is 3. The average molecular weight is 319 g/mol. The molecule has 0 aliphatic heterocycles. The zero-order chi connectivity index (χ0) is 12.6. The van der Waals surface area contributed by atoms with Crippen molar-refractivity contribution in [1.29, 1.82) is 0 Å². The second-order valence-electron chi connectivity index (χ2n) is 3.62. The third-order valence-corrected chi connectivity index (χ3v) is 4.59. The van der Waals surface area contributed by atoms with Crippen molar-refractivity contribution in [2.75, 3.05) is 0 Å². The van der Waals surface area contributed by atoms with E-state index in [1.807, 2.05) is 6.92 Å². The van der Waals surface area contributed by atoms with Crippen LogP contribution in [0.3, 0.4) is 0 Å². The second kappa shape index (κ2) is 4.84. The van der Waals surface area contributed by atoms with Crippen LogP contribution in [0.4, 0.5) is 8.78 Å². The van der Waals surface area contributed by atoms with Crippen molar-refractivity contribution in [3.05, 3.63) is 55.7 Å². The van der Waals surface area contributed by atoms with Crippen LogP contribution < -0.4 is 0 Å². The Balaban J connectivity index is 2.42. The van der Waals surface area contributed by atoms with Gasteiger partial charge in [-0.1, -0.05) is 0 Å². The highest BCUT2D eigenvalue weighted by molar-refractivity contribution is 9.10. The van der Waals surface area contributed by atoms with Gasteiger partial charge >= 0.3 is 0 Å². The van der Waals surface area contributed by atoms with Gasteiger partial charge in [-0.25, -0.2) is 8.78 Å². The van der Waals surface area contributed by atoms with Gasteiger partial charge in [0.25, 0.3) is 0 Å². The van der Waals surface area contributed by atoms with Gasteiger partial charge in [-0.15, -0.1) is 11.3 Å². The number of aryl methyl sites for hydroxylation is 1. The van der Waals surface area contributed by atoms with Crippen molar-refractivity contribution in [3.8, 4) is 0 Å². The Bertz CT molecular complexity index is 534. The largest absolute Gasteiger partial charge is 0.383 e. The van der Waals surface area contributed by atoms with Gasteiger partial charge in [-0.3, -0.25) is 0 Å². The molecule has 1 aromatic heterocycles. The molecule has 2 rings (SSSR count). The fraction of sp³-hybridized carbons (Fsp3) is 0.167. The molecule has 1 N–H and O–H groups in total. The lowest BCUT2D eigenvalue weighted by molar-refractivity contribution is 0.218. The van der Waals surface area contributed by atoms with Crippen LogP contribution in [0.2, 0.25) is 0 Å². The molecule has 1 nitrogen and oxygen atoms in total. The van der Waals surface area contributed by atoms with E-state index in [0.29, 0.717) is 4.88 Å². The number of rotatable bonds is 2. The summed E-state index contributed by atoms with van der Waals surface area (Å²) >= 11 is 4.67. The molecular formula is C12H9BrF2OS. The first-order valence-corrected chi connectivity index (χ1v) is 6.49. The van der Waals surface area contributed by atoms with E-state index in [2.05, 4.69) is 15.9 Å². The van der Waals surface area contributed by atoms with Crippen LogP contribution in [0.15, 0.2) is 28.7 Å². The highest BCUT2D eigenvalue weighted by atomic mass is 79.9. The predicted molar refractivity (Wildman–Crippen MR) is 67.2 cm³/mol. The van der Waals surface area contributed by atoms with Crippen molar-refractivity contribution in [2.24, 2.45) is 0 Å². The average Bonchev–Trinajstić information content (AvgIpc) is 2.62. The number of thiophene rings is 1. The molecule has 5 heteroatoms. The van der Waals surface area contributed by atoms with Crippen LogP contribution in [-0.4, -0.2) is 5.11 Å². The number of aliphatic hydroxyl groups excluding tert-OH is 1. The summed E-state index contributed by atoms with van der Waals surface area (Å²) in [7, 11) is 0. The summed E-state index contributed by atoms with van der Waals surface area (Å²) in [5.41, 5.74) is -0.0428. The van der Waals surface area contributed by atoms with Crippen molar-refractivity contribution >= 4 is 27.3 Å². The Morgan fingerprint density at radius 2 is 2.00 bits per heavy atom. The molecule has 17 heavy (non-hydrogen) atoms. The van der Waals surface area contributed by atoms with E-state index in [1.54, 1.807) is 6.07 Å². The fourth-order valence-electron chi connectivity index (χ4n) is 1.49. The van der Waals surface area contributed by atoms with Gasteiger partial charge in [0.15, 0.2) is 0 Å². The molecule has 1 unspecified atom stereocenters. The smallest absolute Gasteiger partial charge is 0.129 e. The summed E-state index contributed by atoms with van der Waals surface area (Å²) in [6, 6.07) is 4.78. The minimum Gasteiger partial charge on any atom is -0.383 e. The van der Waals surface area contributed by atoms with Crippen molar-refractivity contribution in [2.45, 2.75) is 13.0 Å². The van der Waals surface area contributed by atoms with E-state index in [-0.39, 0.29) is 5.56 Å². The van der Waals surface area contributed by atoms with Gasteiger partial charge in [0.2, 0.25) is 0 Å². The van der Waals surface area contributed by atoms with Crippen molar-refractivity contribution in [1.82, 2.24) is 0 Å². The van der Waals surface area contributed by atoms with Gasteiger partial charge in [-0.05, 0) is 47.1 Å². The van der Waals surface area contributed by atoms with Crippen LogP contribution in [0.1, 0.15) is 21.4 Å². The van der Waals surface area contributed by atoms with Crippen LogP contribution in [-0.2, 0) is 0 Å². The second-order valence-corrected chi connectivity index (χ2v) is 5.76. The summed E-state index contributed by atoms with van der Waals surface area (Å²) in [5, 5.41) is 10.0. The molecule has 0 saturated heterocycles. The maximum absolute atomic E-state index is 13.5. The first-order valence-electron chi connectivity index (χ1n) is 4.88. The van der Waals surface area contributed by atoms with Gasteiger partial charge in [-0.2, -0.15) is 0 Å². The maximum Gasteiger partial charge on any atom is 0.129 e. The summed E-state index contributed by atoms with van der Waals surface area (Å²) in [6.45, 7) is 1.88. The zero-order valence-corrected chi connectivity index (χ0v) is 11.3. The Hall–Kier alpha value is -0.780. The molecule has 0 aliphatic rings. The van der Waals surface area contributed by atoms with Crippen LogP contribution in [0.25, 0.3) is 0 Å². The van der Waals surface area contributed by atoms with Gasteiger partial charge in [0.05, 0.1) is 0 Å². The first-order chi connectivity index (χ1) is 7.99. The molecule has 1 heterocycles. The summed E-state index contributed by atoms with van der Waals surface area (Å²) in [4.78, 5) is 1.56. The molecule has 0 fully saturated rings. The Kier molecular flexibility index (Phi) is 3.61. The lowest BCUT2D eigenvalue weighted by Gasteiger charge is -2.09. The van der Waals surface area contributed by atoms with E-state index in [4.69, 9.17) is 0 Å².